The van der Waals surface area contributed by atoms with Crippen LogP contribution in [0.3, 0.4) is 0 Å². The molecule has 0 aliphatic rings. The lowest BCUT2D eigenvalue weighted by atomic mass is 10.2. The van der Waals surface area contributed by atoms with Crippen LogP contribution >= 0.6 is 39.3 Å². The van der Waals surface area contributed by atoms with E-state index in [0.717, 1.165) is 20.3 Å². The second-order valence-corrected chi connectivity index (χ2v) is 5.97. The van der Waals surface area contributed by atoms with Crippen LogP contribution in [0.1, 0.15) is 11.1 Å². The zero-order valence-electron chi connectivity index (χ0n) is 9.28. The molecule has 17 heavy (non-hydrogen) atoms. The summed E-state index contributed by atoms with van der Waals surface area (Å²) in [7, 11) is 0. The molecule has 0 saturated heterocycles. The summed E-state index contributed by atoms with van der Waals surface area (Å²) in [5.41, 5.74) is 2.46. The van der Waals surface area contributed by atoms with Gasteiger partial charge in [-0.15, -0.1) is 11.8 Å². The second kappa shape index (κ2) is 5.89. The number of hydrogen-bond donors (Lipinski definition) is 0. The molecule has 2 aromatic rings. The maximum Gasteiger partial charge on any atom is 0.0966 e. The van der Waals surface area contributed by atoms with Crippen LogP contribution in [0.4, 0.5) is 0 Å². The standard InChI is InChI=1S/C13H11BrClNS/c1-9-6-13(16-7-12(9)14)17-8-10-2-4-11(15)5-3-10/h2-7H,8H2,1H3. The van der Waals surface area contributed by atoms with Crippen molar-refractivity contribution >= 4 is 39.3 Å². The summed E-state index contributed by atoms with van der Waals surface area (Å²) in [6, 6.07) is 10.0. The first-order valence-electron chi connectivity index (χ1n) is 5.14. The maximum atomic E-state index is 5.84. The number of hydrogen-bond acceptors (Lipinski definition) is 2. The SMILES string of the molecule is Cc1cc(SCc2ccc(Cl)cc2)ncc1Br. The zero-order chi connectivity index (χ0) is 12.3. The minimum atomic E-state index is 0.774. The van der Waals surface area contributed by atoms with Gasteiger partial charge in [0, 0.05) is 21.4 Å². The molecular formula is C13H11BrClNS. The first kappa shape index (κ1) is 12.9. The number of halogens is 2. The van der Waals surface area contributed by atoms with E-state index >= 15 is 0 Å². The van der Waals surface area contributed by atoms with Crippen LogP contribution in [0, 0.1) is 6.92 Å². The van der Waals surface area contributed by atoms with Crippen molar-refractivity contribution in [1.82, 2.24) is 4.98 Å². The minimum absolute atomic E-state index is 0.774. The monoisotopic (exact) mass is 327 g/mol. The van der Waals surface area contributed by atoms with E-state index in [2.05, 4.69) is 33.9 Å². The third-order valence-corrected chi connectivity index (χ3v) is 4.40. The highest BCUT2D eigenvalue weighted by molar-refractivity contribution is 9.10. The molecule has 4 heteroatoms. The van der Waals surface area contributed by atoms with E-state index in [1.165, 1.54) is 11.1 Å². The topological polar surface area (TPSA) is 12.9 Å². The van der Waals surface area contributed by atoms with Gasteiger partial charge in [0.2, 0.25) is 0 Å². The number of aryl methyl sites for hydroxylation is 1. The Bertz CT molecular complexity index is 513. The van der Waals surface area contributed by atoms with Crippen LogP contribution in [0.2, 0.25) is 5.02 Å². The van der Waals surface area contributed by atoms with Crippen LogP contribution < -0.4 is 0 Å². The third kappa shape index (κ3) is 3.73. The molecule has 1 nitrogen and oxygen atoms in total. The van der Waals surface area contributed by atoms with Gasteiger partial charge in [-0.3, -0.25) is 0 Å². The van der Waals surface area contributed by atoms with Crippen LogP contribution in [0.25, 0.3) is 0 Å². The molecule has 0 saturated carbocycles. The normalized spacial score (nSPS) is 10.5. The first-order chi connectivity index (χ1) is 8.15. The number of benzene rings is 1. The number of pyridine rings is 1. The lowest BCUT2D eigenvalue weighted by Crippen LogP contribution is -1.85. The Kier molecular flexibility index (Phi) is 4.48. The lowest BCUT2D eigenvalue weighted by Gasteiger charge is -2.03. The number of nitrogens with zero attached hydrogens (tertiary/aromatic N) is 1. The van der Waals surface area contributed by atoms with Crippen molar-refractivity contribution in [2.75, 3.05) is 0 Å². The third-order valence-electron chi connectivity index (χ3n) is 2.32. The molecule has 0 unspecified atom stereocenters. The molecule has 1 aromatic carbocycles. The summed E-state index contributed by atoms with van der Waals surface area (Å²) in [6.07, 6.45) is 1.85. The van der Waals surface area contributed by atoms with E-state index in [1.807, 2.05) is 30.5 Å². The number of thioether (sulfide) groups is 1. The van der Waals surface area contributed by atoms with Crippen LogP contribution in [-0.2, 0) is 5.75 Å². The molecule has 0 spiro atoms. The quantitative estimate of drug-likeness (QED) is 0.727. The van der Waals surface area contributed by atoms with Gasteiger partial charge in [-0.2, -0.15) is 0 Å². The van der Waals surface area contributed by atoms with Gasteiger partial charge in [-0.25, -0.2) is 4.98 Å². The minimum Gasteiger partial charge on any atom is -0.249 e. The largest absolute Gasteiger partial charge is 0.249 e. The highest BCUT2D eigenvalue weighted by Gasteiger charge is 2.01. The van der Waals surface area contributed by atoms with E-state index in [-0.39, 0.29) is 0 Å². The van der Waals surface area contributed by atoms with Crippen LogP contribution in [0.15, 0.2) is 46.0 Å². The Labute approximate surface area is 119 Å². The van der Waals surface area contributed by atoms with Crippen molar-refractivity contribution in [3.8, 4) is 0 Å². The predicted molar refractivity (Wildman–Crippen MR) is 77.7 cm³/mol. The second-order valence-electron chi connectivity index (χ2n) is 3.69. The Morgan fingerprint density at radius 1 is 1.29 bits per heavy atom. The van der Waals surface area contributed by atoms with Crippen LogP contribution in [-0.4, -0.2) is 4.98 Å². The van der Waals surface area contributed by atoms with Crippen molar-refractivity contribution in [2.24, 2.45) is 0 Å². The first-order valence-corrected chi connectivity index (χ1v) is 7.30. The highest BCUT2D eigenvalue weighted by atomic mass is 79.9. The average Bonchev–Trinajstić information content (AvgIpc) is 2.33. The zero-order valence-corrected chi connectivity index (χ0v) is 12.4. The number of rotatable bonds is 3. The summed E-state index contributed by atoms with van der Waals surface area (Å²) < 4.78 is 1.05. The van der Waals surface area contributed by atoms with Gasteiger partial charge < -0.3 is 0 Å². The van der Waals surface area contributed by atoms with Crippen molar-refractivity contribution in [3.05, 3.63) is 57.2 Å². The molecule has 0 bridgehead atoms. The fourth-order valence-electron chi connectivity index (χ4n) is 1.33. The molecule has 0 aliphatic heterocycles. The molecule has 0 atom stereocenters. The van der Waals surface area contributed by atoms with Crippen molar-refractivity contribution in [1.29, 1.82) is 0 Å². The van der Waals surface area contributed by atoms with Gasteiger partial charge in [-0.05, 0) is 52.2 Å². The van der Waals surface area contributed by atoms with Crippen LogP contribution in [0.5, 0.6) is 0 Å². The molecular weight excluding hydrogens is 318 g/mol. The predicted octanol–water partition coefficient (Wildman–Crippen LogP) is 5.10. The Morgan fingerprint density at radius 3 is 2.65 bits per heavy atom. The molecule has 0 fully saturated rings. The molecule has 0 aliphatic carbocycles. The van der Waals surface area contributed by atoms with E-state index in [0.29, 0.717) is 0 Å². The van der Waals surface area contributed by atoms with Gasteiger partial charge in [0.25, 0.3) is 0 Å². The summed E-state index contributed by atoms with van der Waals surface area (Å²) in [6.45, 7) is 2.07. The van der Waals surface area contributed by atoms with Crippen molar-refractivity contribution < 1.29 is 0 Å². The summed E-state index contributed by atoms with van der Waals surface area (Å²) in [5, 5.41) is 1.82. The van der Waals surface area contributed by atoms with Gasteiger partial charge in [0.05, 0.1) is 5.03 Å². The smallest absolute Gasteiger partial charge is 0.0966 e. The lowest BCUT2D eigenvalue weighted by molar-refractivity contribution is 1.10. The Balaban J connectivity index is 2.02. The van der Waals surface area contributed by atoms with Gasteiger partial charge >= 0.3 is 0 Å². The Morgan fingerprint density at radius 2 is 2.00 bits per heavy atom. The van der Waals surface area contributed by atoms with Crippen molar-refractivity contribution in [2.45, 2.75) is 17.7 Å². The van der Waals surface area contributed by atoms with Gasteiger partial charge in [0.15, 0.2) is 0 Å². The van der Waals surface area contributed by atoms with Gasteiger partial charge in [0.1, 0.15) is 0 Å². The van der Waals surface area contributed by atoms with Gasteiger partial charge in [-0.1, -0.05) is 23.7 Å². The molecule has 0 amide bonds. The molecule has 0 N–H and O–H groups in total. The average molecular weight is 329 g/mol. The number of aromatic nitrogens is 1. The van der Waals surface area contributed by atoms with E-state index in [4.69, 9.17) is 11.6 Å². The highest BCUT2D eigenvalue weighted by Crippen LogP contribution is 2.25. The Hall–Kier alpha value is -0.510. The molecule has 88 valence electrons. The summed E-state index contributed by atoms with van der Waals surface area (Å²) in [4.78, 5) is 4.36. The fourth-order valence-corrected chi connectivity index (χ4v) is 2.57. The summed E-state index contributed by atoms with van der Waals surface area (Å²) in [5.74, 6) is 0.908. The van der Waals surface area contributed by atoms with Crippen molar-refractivity contribution in [3.63, 3.8) is 0 Å². The van der Waals surface area contributed by atoms with E-state index in [1.54, 1.807) is 11.8 Å². The molecule has 2 rings (SSSR count). The molecule has 0 radical (unpaired) electrons. The fraction of sp³-hybridized carbons (Fsp3) is 0.154. The maximum absolute atomic E-state index is 5.84. The van der Waals surface area contributed by atoms with E-state index < -0.39 is 0 Å². The van der Waals surface area contributed by atoms with E-state index in [9.17, 15) is 0 Å². The molecule has 1 aromatic heterocycles. The molecule has 1 heterocycles. The summed E-state index contributed by atoms with van der Waals surface area (Å²) >= 11 is 11.0.